The molecule has 0 bridgehead atoms. The Morgan fingerprint density at radius 2 is 2.04 bits per heavy atom. The molecule has 136 valence electrons. The molecule has 0 fully saturated rings. The number of halogens is 2. The number of nitrogens with one attached hydrogen (secondary N) is 1. The molecule has 0 saturated heterocycles. The van der Waals surface area contributed by atoms with Gasteiger partial charge in [-0.2, -0.15) is 10.1 Å². The molecule has 0 radical (unpaired) electrons. The van der Waals surface area contributed by atoms with Crippen molar-refractivity contribution in [1.29, 1.82) is 0 Å². The van der Waals surface area contributed by atoms with E-state index in [9.17, 15) is 9.18 Å². The monoisotopic (exact) mass is 377 g/mol. The number of carbonyl (C=O) groups is 1. The molecule has 0 atom stereocenters. The van der Waals surface area contributed by atoms with Crippen LogP contribution in [0.3, 0.4) is 0 Å². The molecule has 0 aliphatic carbocycles. The average Bonchev–Trinajstić information content (AvgIpc) is 3.13. The highest BCUT2D eigenvalue weighted by molar-refractivity contribution is 6.33. The van der Waals surface area contributed by atoms with E-state index in [0.717, 1.165) is 5.56 Å². The van der Waals surface area contributed by atoms with Gasteiger partial charge >= 0.3 is 0 Å². The van der Waals surface area contributed by atoms with E-state index in [1.807, 2.05) is 0 Å². The molecular weight excluding hydrogens is 361 g/mol. The fraction of sp³-hybridized carbons (Fsp3) is 0.294. The van der Waals surface area contributed by atoms with Crippen LogP contribution in [0.1, 0.15) is 33.3 Å². The molecule has 0 aliphatic rings. The van der Waals surface area contributed by atoms with E-state index in [0.29, 0.717) is 42.5 Å². The lowest BCUT2D eigenvalue weighted by atomic mass is 10.2. The van der Waals surface area contributed by atoms with Crippen molar-refractivity contribution in [2.45, 2.75) is 26.8 Å². The third-order valence-electron chi connectivity index (χ3n) is 3.73. The molecule has 1 N–H and O–H groups in total. The minimum Gasteiger partial charge on any atom is -0.351 e. The number of carbonyl (C=O) groups excluding carboxylic acids is 1. The summed E-state index contributed by atoms with van der Waals surface area (Å²) in [6.07, 6.45) is 0.424. The smallest absolute Gasteiger partial charge is 0.256 e. The van der Waals surface area contributed by atoms with Gasteiger partial charge in [-0.3, -0.25) is 4.79 Å². The summed E-state index contributed by atoms with van der Waals surface area (Å²) in [5.41, 5.74) is 1.66. The Morgan fingerprint density at radius 3 is 2.69 bits per heavy atom. The minimum absolute atomic E-state index is 0.234. The molecular formula is C17H17ClFN5O2. The van der Waals surface area contributed by atoms with Crippen molar-refractivity contribution in [2.24, 2.45) is 0 Å². The molecule has 3 aromatic rings. The second-order valence-corrected chi connectivity index (χ2v) is 6.13. The quantitative estimate of drug-likeness (QED) is 0.713. The van der Waals surface area contributed by atoms with Crippen LogP contribution in [0.4, 0.5) is 4.39 Å². The van der Waals surface area contributed by atoms with Crippen LogP contribution < -0.4 is 5.32 Å². The Morgan fingerprint density at radius 1 is 1.31 bits per heavy atom. The summed E-state index contributed by atoms with van der Waals surface area (Å²) in [5.74, 6) is 0.368. The maximum Gasteiger partial charge on any atom is 0.256 e. The highest BCUT2D eigenvalue weighted by atomic mass is 35.5. The topological polar surface area (TPSA) is 85.8 Å². The maximum absolute atomic E-state index is 13.0. The average molecular weight is 378 g/mol. The van der Waals surface area contributed by atoms with Gasteiger partial charge in [0.15, 0.2) is 5.82 Å². The van der Waals surface area contributed by atoms with Crippen LogP contribution in [0.15, 0.2) is 28.8 Å². The SMILES string of the molecule is Cc1noc(CCNC(=O)c2c(C)nn(Cc3ccc(F)cc3)c2Cl)n1. The number of benzene rings is 1. The Hall–Kier alpha value is -2.74. The molecule has 0 spiro atoms. The van der Waals surface area contributed by atoms with Crippen LogP contribution >= 0.6 is 11.6 Å². The Balaban J connectivity index is 1.66. The van der Waals surface area contributed by atoms with Crippen molar-refractivity contribution >= 4 is 17.5 Å². The molecule has 1 amide bonds. The Bertz CT molecular complexity index is 920. The summed E-state index contributed by atoms with van der Waals surface area (Å²) >= 11 is 6.33. The van der Waals surface area contributed by atoms with Gasteiger partial charge in [0.1, 0.15) is 11.0 Å². The lowest BCUT2D eigenvalue weighted by Gasteiger charge is -2.05. The van der Waals surface area contributed by atoms with E-state index in [-0.39, 0.29) is 16.9 Å². The minimum atomic E-state index is -0.325. The van der Waals surface area contributed by atoms with Crippen LogP contribution in [0.5, 0.6) is 0 Å². The summed E-state index contributed by atoms with van der Waals surface area (Å²) < 4.78 is 19.5. The van der Waals surface area contributed by atoms with Crippen molar-refractivity contribution in [3.05, 3.63) is 63.8 Å². The van der Waals surface area contributed by atoms with Gasteiger partial charge in [-0.15, -0.1) is 0 Å². The van der Waals surface area contributed by atoms with E-state index in [1.54, 1.807) is 26.0 Å². The van der Waals surface area contributed by atoms with Gasteiger partial charge < -0.3 is 9.84 Å². The van der Waals surface area contributed by atoms with Gasteiger partial charge in [-0.05, 0) is 31.5 Å². The molecule has 0 aliphatic heterocycles. The summed E-state index contributed by atoms with van der Waals surface area (Å²) in [7, 11) is 0. The third-order valence-corrected chi connectivity index (χ3v) is 4.12. The number of nitrogens with zero attached hydrogens (tertiary/aromatic N) is 4. The highest BCUT2D eigenvalue weighted by Gasteiger charge is 2.20. The largest absolute Gasteiger partial charge is 0.351 e. The van der Waals surface area contributed by atoms with Crippen molar-refractivity contribution in [2.75, 3.05) is 6.54 Å². The first-order valence-electron chi connectivity index (χ1n) is 7.99. The molecule has 9 heteroatoms. The van der Waals surface area contributed by atoms with Crippen molar-refractivity contribution in [1.82, 2.24) is 25.2 Å². The predicted octanol–water partition coefficient (Wildman–Crippen LogP) is 2.70. The van der Waals surface area contributed by atoms with E-state index in [2.05, 4.69) is 20.6 Å². The lowest BCUT2D eigenvalue weighted by Crippen LogP contribution is -2.26. The van der Waals surface area contributed by atoms with Crippen molar-refractivity contribution in [3.8, 4) is 0 Å². The number of aromatic nitrogens is 4. The first-order chi connectivity index (χ1) is 12.4. The number of hydrogen-bond acceptors (Lipinski definition) is 5. The van der Waals surface area contributed by atoms with E-state index < -0.39 is 0 Å². The normalized spacial score (nSPS) is 10.9. The van der Waals surface area contributed by atoms with Gasteiger partial charge in [0.25, 0.3) is 5.91 Å². The van der Waals surface area contributed by atoms with E-state index >= 15 is 0 Å². The standard InChI is InChI=1S/C17H17ClFN5O2/c1-10-15(17(25)20-8-7-14-21-11(2)23-26-14)16(18)24(22-10)9-12-3-5-13(19)6-4-12/h3-6H,7-9H2,1-2H3,(H,20,25). The predicted molar refractivity (Wildman–Crippen MR) is 92.5 cm³/mol. The van der Waals surface area contributed by atoms with Gasteiger partial charge in [-0.1, -0.05) is 28.9 Å². The molecule has 2 aromatic heterocycles. The fourth-order valence-corrected chi connectivity index (χ4v) is 2.81. The van der Waals surface area contributed by atoms with Gasteiger partial charge in [-0.25, -0.2) is 9.07 Å². The first kappa shape index (κ1) is 18.1. The molecule has 7 nitrogen and oxygen atoms in total. The zero-order valence-electron chi connectivity index (χ0n) is 14.3. The van der Waals surface area contributed by atoms with Gasteiger partial charge in [0.05, 0.1) is 17.8 Å². The Labute approximate surface area is 154 Å². The van der Waals surface area contributed by atoms with Crippen LogP contribution in [0.25, 0.3) is 0 Å². The number of amides is 1. The second-order valence-electron chi connectivity index (χ2n) is 5.78. The number of hydrogen-bond donors (Lipinski definition) is 1. The first-order valence-corrected chi connectivity index (χ1v) is 8.36. The molecule has 0 unspecified atom stereocenters. The fourth-order valence-electron chi connectivity index (χ4n) is 2.49. The van der Waals surface area contributed by atoms with E-state index in [1.165, 1.54) is 16.8 Å². The number of rotatable bonds is 6. The summed E-state index contributed by atoms with van der Waals surface area (Å²) in [6, 6.07) is 6.03. The van der Waals surface area contributed by atoms with Crippen LogP contribution in [0.2, 0.25) is 5.15 Å². The summed E-state index contributed by atoms with van der Waals surface area (Å²) in [5, 5.41) is 11.0. The van der Waals surface area contributed by atoms with Crippen LogP contribution in [0, 0.1) is 19.7 Å². The zero-order chi connectivity index (χ0) is 18.7. The zero-order valence-corrected chi connectivity index (χ0v) is 15.0. The van der Waals surface area contributed by atoms with Crippen molar-refractivity contribution in [3.63, 3.8) is 0 Å². The van der Waals surface area contributed by atoms with Gasteiger partial charge in [0.2, 0.25) is 5.89 Å². The molecule has 26 heavy (non-hydrogen) atoms. The second kappa shape index (κ2) is 7.65. The molecule has 2 heterocycles. The van der Waals surface area contributed by atoms with Crippen LogP contribution in [-0.2, 0) is 13.0 Å². The number of aryl methyl sites for hydroxylation is 2. The molecule has 1 aromatic carbocycles. The lowest BCUT2D eigenvalue weighted by molar-refractivity contribution is 0.0953. The van der Waals surface area contributed by atoms with Gasteiger partial charge in [0, 0.05) is 13.0 Å². The summed E-state index contributed by atoms with van der Waals surface area (Å²) in [4.78, 5) is 16.5. The van der Waals surface area contributed by atoms with Crippen LogP contribution in [-0.4, -0.2) is 32.4 Å². The molecule has 0 saturated carbocycles. The van der Waals surface area contributed by atoms with E-state index in [4.69, 9.17) is 16.1 Å². The van der Waals surface area contributed by atoms with Crippen molar-refractivity contribution < 1.29 is 13.7 Å². The Kier molecular flexibility index (Phi) is 5.32. The third kappa shape index (κ3) is 4.08. The molecule has 3 rings (SSSR count). The summed E-state index contributed by atoms with van der Waals surface area (Å²) in [6.45, 7) is 4.11. The highest BCUT2D eigenvalue weighted by Crippen LogP contribution is 2.21. The maximum atomic E-state index is 13.0.